The maximum Gasteiger partial charge on any atom is 0.261 e. The van der Waals surface area contributed by atoms with Crippen LogP contribution in [0.2, 0.25) is 0 Å². The predicted molar refractivity (Wildman–Crippen MR) is 89.3 cm³/mol. The average molecular weight is 334 g/mol. The van der Waals surface area contributed by atoms with E-state index < -0.39 is 21.3 Å². The highest BCUT2D eigenvalue weighted by Crippen LogP contribution is 2.16. The lowest BCUT2D eigenvalue weighted by Crippen LogP contribution is -2.32. The zero-order chi connectivity index (χ0) is 17.0. The molecule has 0 bridgehead atoms. The number of carbonyl (C=O) groups is 1. The molecular weight excluding hydrogens is 316 g/mol. The second kappa shape index (κ2) is 6.78. The largest absolute Gasteiger partial charge is 0.351 e. The van der Waals surface area contributed by atoms with Gasteiger partial charge < -0.3 is 10.3 Å². The van der Waals surface area contributed by atoms with Gasteiger partial charge in [0.1, 0.15) is 15.4 Å². The molecule has 2 aromatic rings. The second-order valence-electron chi connectivity index (χ2n) is 5.37. The van der Waals surface area contributed by atoms with Crippen molar-refractivity contribution in [3.8, 4) is 11.3 Å². The van der Waals surface area contributed by atoms with Gasteiger partial charge in [0.15, 0.2) is 0 Å². The molecule has 0 atom stereocenters. The van der Waals surface area contributed by atoms with Crippen molar-refractivity contribution in [1.29, 1.82) is 0 Å². The Hall–Kier alpha value is -2.41. The minimum Gasteiger partial charge on any atom is -0.351 e. The number of aromatic nitrogens is 1. The molecule has 0 unspecified atom stereocenters. The monoisotopic (exact) mass is 334 g/mol. The number of H-pyrrole nitrogens is 1. The van der Waals surface area contributed by atoms with Gasteiger partial charge in [0, 0.05) is 18.5 Å². The van der Waals surface area contributed by atoms with Crippen LogP contribution in [0, 0.1) is 6.92 Å². The van der Waals surface area contributed by atoms with Crippen LogP contribution in [0.5, 0.6) is 0 Å². The van der Waals surface area contributed by atoms with Gasteiger partial charge in [-0.15, -0.1) is 0 Å². The number of benzene rings is 1. The van der Waals surface area contributed by atoms with Crippen LogP contribution in [0.4, 0.5) is 0 Å². The molecule has 0 fully saturated rings. The van der Waals surface area contributed by atoms with E-state index in [0.29, 0.717) is 5.69 Å². The predicted octanol–water partition coefficient (Wildman–Crippen LogP) is 1.12. The molecule has 1 amide bonds. The summed E-state index contributed by atoms with van der Waals surface area (Å²) in [5.41, 5.74) is 1.97. The summed E-state index contributed by atoms with van der Waals surface area (Å²) >= 11 is 0. The molecule has 2 rings (SSSR count). The van der Waals surface area contributed by atoms with E-state index >= 15 is 0 Å². The van der Waals surface area contributed by atoms with Crippen LogP contribution in [0.3, 0.4) is 0 Å². The van der Waals surface area contributed by atoms with Gasteiger partial charge in [-0.25, -0.2) is 8.42 Å². The van der Waals surface area contributed by atoms with Crippen LogP contribution < -0.4 is 10.9 Å². The van der Waals surface area contributed by atoms with E-state index in [2.05, 4.69) is 10.3 Å². The van der Waals surface area contributed by atoms with Crippen molar-refractivity contribution in [3.05, 3.63) is 57.9 Å². The fourth-order valence-corrected chi connectivity index (χ4v) is 2.55. The van der Waals surface area contributed by atoms with Crippen molar-refractivity contribution in [3.63, 3.8) is 0 Å². The topological polar surface area (TPSA) is 96.1 Å². The number of hydrogen-bond donors (Lipinski definition) is 2. The van der Waals surface area contributed by atoms with Crippen molar-refractivity contribution >= 4 is 15.7 Å². The lowest BCUT2D eigenvalue weighted by atomic mass is 10.1. The van der Waals surface area contributed by atoms with Gasteiger partial charge in [-0.05, 0) is 30.7 Å². The Kier molecular flexibility index (Phi) is 5.00. The highest BCUT2D eigenvalue weighted by molar-refractivity contribution is 7.90. The molecule has 0 saturated carbocycles. The first-order valence-electron chi connectivity index (χ1n) is 7.02. The number of sulfone groups is 1. The highest BCUT2D eigenvalue weighted by Gasteiger charge is 2.12. The van der Waals surface area contributed by atoms with Crippen molar-refractivity contribution in [2.24, 2.45) is 0 Å². The molecule has 0 radical (unpaired) electrons. The fraction of sp³-hybridized carbons (Fsp3) is 0.250. The number of hydrogen-bond acceptors (Lipinski definition) is 4. The Morgan fingerprint density at radius 2 is 1.96 bits per heavy atom. The van der Waals surface area contributed by atoms with Crippen LogP contribution in [-0.4, -0.2) is 37.9 Å². The number of aryl methyl sites for hydroxylation is 1. The van der Waals surface area contributed by atoms with E-state index in [0.717, 1.165) is 17.4 Å². The molecule has 0 spiro atoms. The Morgan fingerprint density at radius 1 is 1.22 bits per heavy atom. The third-order valence-corrected chi connectivity index (χ3v) is 4.19. The SMILES string of the molecule is Cc1cccc(-c2ccc(C(=O)NCCS(C)(=O)=O)c(=O)[nH]2)c1. The molecule has 1 heterocycles. The molecule has 23 heavy (non-hydrogen) atoms. The van der Waals surface area contributed by atoms with E-state index in [1.165, 1.54) is 6.07 Å². The number of carbonyl (C=O) groups excluding carboxylic acids is 1. The first-order chi connectivity index (χ1) is 10.8. The summed E-state index contributed by atoms with van der Waals surface area (Å²) in [5.74, 6) is -0.761. The summed E-state index contributed by atoms with van der Waals surface area (Å²) in [6.45, 7) is 1.92. The first kappa shape index (κ1) is 17.0. The van der Waals surface area contributed by atoms with Gasteiger partial charge in [0.05, 0.1) is 5.75 Å². The molecule has 6 nitrogen and oxygen atoms in total. The van der Waals surface area contributed by atoms with Gasteiger partial charge in [0.25, 0.3) is 11.5 Å². The van der Waals surface area contributed by atoms with Crippen molar-refractivity contribution in [2.45, 2.75) is 6.92 Å². The Labute approximate surface area is 134 Å². The third kappa shape index (κ3) is 4.79. The molecule has 7 heteroatoms. The fourth-order valence-electron chi connectivity index (χ4n) is 2.08. The van der Waals surface area contributed by atoms with E-state index in [1.807, 2.05) is 31.2 Å². The standard InChI is InChI=1S/C16H18N2O4S/c1-11-4-3-5-12(10-11)14-7-6-13(16(20)18-14)15(19)17-8-9-23(2,21)22/h3-7,10H,8-9H2,1-2H3,(H,17,19)(H,18,20). The van der Waals surface area contributed by atoms with Crippen LogP contribution >= 0.6 is 0 Å². The van der Waals surface area contributed by atoms with Gasteiger partial charge >= 0.3 is 0 Å². The van der Waals surface area contributed by atoms with Gasteiger partial charge in [-0.1, -0.05) is 23.8 Å². The summed E-state index contributed by atoms with van der Waals surface area (Å²) < 4.78 is 22.1. The molecule has 1 aromatic carbocycles. The van der Waals surface area contributed by atoms with Gasteiger partial charge in [-0.2, -0.15) is 0 Å². The summed E-state index contributed by atoms with van der Waals surface area (Å²) in [6.07, 6.45) is 1.09. The molecule has 0 saturated heterocycles. The molecule has 0 aliphatic heterocycles. The summed E-state index contributed by atoms with van der Waals surface area (Å²) in [4.78, 5) is 26.7. The number of rotatable bonds is 5. The third-order valence-electron chi connectivity index (χ3n) is 3.24. The molecule has 122 valence electrons. The van der Waals surface area contributed by atoms with Crippen LogP contribution in [0.1, 0.15) is 15.9 Å². The molecule has 2 N–H and O–H groups in total. The van der Waals surface area contributed by atoms with E-state index in [9.17, 15) is 18.0 Å². The maximum atomic E-state index is 12.1. The maximum absolute atomic E-state index is 12.1. The van der Waals surface area contributed by atoms with E-state index in [1.54, 1.807) is 6.07 Å². The minimum absolute atomic E-state index is 0.0310. The highest BCUT2D eigenvalue weighted by atomic mass is 32.2. The number of nitrogens with one attached hydrogen (secondary N) is 2. The minimum atomic E-state index is -3.16. The molecular formula is C16H18N2O4S. The van der Waals surface area contributed by atoms with Crippen LogP contribution in [-0.2, 0) is 9.84 Å². The van der Waals surface area contributed by atoms with E-state index in [-0.39, 0.29) is 17.9 Å². The van der Waals surface area contributed by atoms with Gasteiger partial charge in [0.2, 0.25) is 0 Å². The Bertz CT molecular complexity index is 885. The van der Waals surface area contributed by atoms with Crippen LogP contribution in [0.15, 0.2) is 41.2 Å². The number of amides is 1. The molecule has 0 aliphatic carbocycles. The molecule has 1 aromatic heterocycles. The Morgan fingerprint density at radius 3 is 2.57 bits per heavy atom. The zero-order valence-corrected chi connectivity index (χ0v) is 13.7. The van der Waals surface area contributed by atoms with Crippen molar-refractivity contribution < 1.29 is 13.2 Å². The van der Waals surface area contributed by atoms with Crippen molar-refractivity contribution in [1.82, 2.24) is 10.3 Å². The Balaban J connectivity index is 2.16. The summed E-state index contributed by atoms with van der Waals surface area (Å²) in [5, 5.41) is 2.43. The average Bonchev–Trinajstić information content (AvgIpc) is 2.45. The first-order valence-corrected chi connectivity index (χ1v) is 9.08. The van der Waals surface area contributed by atoms with Crippen LogP contribution in [0.25, 0.3) is 11.3 Å². The smallest absolute Gasteiger partial charge is 0.261 e. The number of pyridine rings is 1. The lowest BCUT2D eigenvalue weighted by Gasteiger charge is -2.06. The lowest BCUT2D eigenvalue weighted by molar-refractivity contribution is 0.0954. The zero-order valence-electron chi connectivity index (χ0n) is 12.9. The van der Waals surface area contributed by atoms with Crippen molar-refractivity contribution in [2.75, 3.05) is 18.6 Å². The quantitative estimate of drug-likeness (QED) is 0.856. The summed E-state index contributed by atoms with van der Waals surface area (Å²) in [6, 6.07) is 10.7. The normalized spacial score (nSPS) is 11.2. The number of aromatic amines is 1. The second-order valence-corrected chi connectivity index (χ2v) is 7.63. The van der Waals surface area contributed by atoms with E-state index in [4.69, 9.17) is 0 Å². The van der Waals surface area contributed by atoms with Gasteiger partial charge in [-0.3, -0.25) is 9.59 Å². The summed E-state index contributed by atoms with van der Waals surface area (Å²) in [7, 11) is -3.16. The molecule has 0 aliphatic rings.